The number of carboxylic acid groups (broad SMARTS) is 1. The van der Waals surface area contributed by atoms with Gasteiger partial charge in [0.1, 0.15) is 18.3 Å². The highest BCUT2D eigenvalue weighted by Gasteiger charge is 2.21. The average Bonchev–Trinajstić information content (AvgIpc) is 2.75. The van der Waals surface area contributed by atoms with Crippen LogP contribution in [0.5, 0.6) is 0 Å². The summed E-state index contributed by atoms with van der Waals surface area (Å²) in [6, 6.07) is 20.6. The summed E-state index contributed by atoms with van der Waals surface area (Å²) in [5, 5.41) is 11.9. The molecular formula is C23H22N2O5. The lowest BCUT2D eigenvalue weighted by Crippen LogP contribution is -2.33. The van der Waals surface area contributed by atoms with Crippen LogP contribution in [0.3, 0.4) is 0 Å². The zero-order chi connectivity index (χ0) is 21.5. The van der Waals surface area contributed by atoms with Gasteiger partial charge in [-0.3, -0.25) is 14.7 Å². The van der Waals surface area contributed by atoms with Crippen LogP contribution in [-0.2, 0) is 22.6 Å². The van der Waals surface area contributed by atoms with Gasteiger partial charge >= 0.3 is 12.1 Å². The summed E-state index contributed by atoms with van der Waals surface area (Å²) in [6.07, 6.45) is -0.409. The van der Waals surface area contributed by atoms with Crippen LogP contribution in [0.4, 0.5) is 10.5 Å². The average molecular weight is 406 g/mol. The maximum atomic E-state index is 13.0. The Morgan fingerprint density at radius 1 is 0.967 bits per heavy atom. The smallest absolute Gasteiger partial charge is 0.412 e. The minimum atomic E-state index is -1.14. The molecule has 1 unspecified atom stereocenters. The minimum Gasteiger partial charge on any atom is -0.480 e. The van der Waals surface area contributed by atoms with Crippen molar-refractivity contribution in [2.24, 2.45) is 0 Å². The van der Waals surface area contributed by atoms with Crippen molar-refractivity contribution in [3.63, 3.8) is 0 Å². The maximum absolute atomic E-state index is 13.0. The van der Waals surface area contributed by atoms with Crippen molar-refractivity contribution in [2.75, 3.05) is 5.32 Å². The molecule has 0 radical (unpaired) electrons. The Balaban J connectivity index is 1.83. The fourth-order valence-electron chi connectivity index (χ4n) is 3.04. The number of nitrogens with one attached hydrogen (secondary N) is 1. The number of rotatable bonds is 7. The number of carbonyl (C=O) groups is 2. The topological polar surface area (TPSA) is 97.6 Å². The largest absolute Gasteiger partial charge is 0.480 e. The Morgan fingerprint density at radius 3 is 2.17 bits per heavy atom. The van der Waals surface area contributed by atoms with E-state index in [1.807, 2.05) is 60.7 Å². The van der Waals surface area contributed by atoms with Crippen LogP contribution in [0.25, 0.3) is 0 Å². The van der Waals surface area contributed by atoms with Crippen LogP contribution in [-0.4, -0.2) is 21.7 Å². The highest BCUT2D eigenvalue weighted by atomic mass is 16.5. The first-order valence-electron chi connectivity index (χ1n) is 9.44. The molecule has 0 bridgehead atoms. The van der Waals surface area contributed by atoms with Crippen LogP contribution >= 0.6 is 0 Å². The van der Waals surface area contributed by atoms with Gasteiger partial charge in [-0.15, -0.1) is 0 Å². The van der Waals surface area contributed by atoms with Gasteiger partial charge in [0.05, 0.1) is 0 Å². The van der Waals surface area contributed by atoms with E-state index in [4.69, 9.17) is 4.74 Å². The molecule has 1 heterocycles. The Hall–Kier alpha value is -3.87. The predicted octanol–water partition coefficient (Wildman–Crippen LogP) is 3.83. The van der Waals surface area contributed by atoms with Crippen molar-refractivity contribution in [1.82, 2.24) is 4.57 Å². The molecule has 0 saturated carbocycles. The van der Waals surface area contributed by atoms with E-state index < -0.39 is 23.7 Å². The van der Waals surface area contributed by atoms with Crippen molar-refractivity contribution < 1.29 is 19.4 Å². The molecule has 1 amide bonds. The Morgan fingerprint density at radius 2 is 1.57 bits per heavy atom. The van der Waals surface area contributed by atoms with Crippen LogP contribution in [0.2, 0.25) is 0 Å². The lowest BCUT2D eigenvalue weighted by atomic mass is 10.1. The minimum absolute atomic E-state index is 0.0435. The molecule has 0 aliphatic rings. The molecule has 1 aromatic heterocycles. The number of hydrogen-bond acceptors (Lipinski definition) is 4. The van der Waals surface area contributed by atoms with Gasteiger partial charge < -0.3 is 9.84 Å². The Labute approximate surface area is 173 Å². The number of aliphatic carboxylic acids is 1. The number of amides is 1. The molecule has 0 aliphatic carbocycles. The molecule has 0 fully saturated rings. The first kappa shape index (κ1) is 20.9. The van der Waals surface area contributed by atoms with Crippen LogP contribution in [0.15, 0.2) is 77.6 Å². The SMILES string of the molecule is CC(C(=O)O)n1c(Cc2ccccc2)ccc(NC(=O)OCc2ccccc2)c1=O. The third kappa shape index (κ3) is 5.14. The van der Waals surface area contributed by atoms with Gasteiger partial charge in [0, 0.05) is 12.1 Å². The maximum Gasteiger partial charge on any atom is 0.412 e. The van der Waals surface area contributed by atoms with E-state index in [1.54, 1.807) is 6.07 Å². The molecular weight excluding hydrogens is 384 g/mol. The van der Waals surface area contributed by atoms with Crippen molar-refractivity contribution in [3.8, 4) is 0 Å². The summed E-state index contributed by atoms with van der Waals surface area (Å²) in [6.45, 7) is 1.48. The Kier molecular flexibility index (Phi) is 6.64. The van der Waals surface area contributed by atoms with Gasteiger partial charge in [-0.25, -0.2) is 9.59 Å². The number of nitrogens with zero attached hydrogens (tertiary/aromatic N) is 1. The lowest BCUT2D eigenvalue weighted by Gasteiger charge is -2.18. The van der Waals surface area contributed by atoms with Gasteiger partial charge in [-0.1, -0.05) is 60.7 Å². The fourth-order valence-corrected chi connectivity index (χ4v) is 3.04. The van der Waals surface area contributed by atoms with E-state index in [2.05, 4.69) is 5.32 Å². The number of pyridine rings is 1. The molecule has 154 valence electrons. The number of hydrogen-bond donors (Lipinski definition) is 2. The summed E-state index contributed by atoms with van der Waals surface area (Å²) in [5.74, 6) is -1.14. The third-order valence-corrected chi connectivity index (χ3v) is 4.62. The molecule has 1 atom stereocenters. The molecule has 0 saturated heterocycles. The van der Waals surface area contributed by atoms with Gasteiger partial charge in [-0.05, 0) is 30.2 Å². The van der Waals surface area contributed by atoms with E-state index in [0.717, 1.165) is 11.1 Å². The number of benzene rings is 2. The van der Waals surface area contributed by atoms with E-state index in [1.165, 1.54) is 17.6 Å². The molecule has 7 nitrogen and oxygen atoms in total. The number of ether oxygens (including phenoxy) is 1. The molecule has 30 heavy (non-hydrogen) atoms. The lowest BCUT2D eigenvalue weighted by molar-refractivity contribution is -0.140. The van der Waals surface area contributed by atoms with E-state index >= 15 is 0 Å². The van der Waals surface area contributed by atoms with Crippen LogP contribution < -0.4 is 10.9 Å². The van der Waals surface area contributed by atoms with E-state index in [-0.39, 0.29) is 12.3 Å². The van der Waals surface area contributed by atoms with Crippen molar-refractivity contribution in [3.05, 3.63) is 100.0 Å². The van der Waals surface area contributed by atoms with E-state index in [9.17, 15) is 19.5 Å². The number of carboxylic acids is 1. The summed E-state index contributed by atoms with van der Waals surface area (Å²) in [5.41, 5.74) is 1.63. The third-order valence-electron chi connectivity index (χ3n) is 4.62. The zero-order valence-electron chi connectivity index (χ0n) is 16.4. The second-order valence-corrected chi connectivity index (χ2v) is 6.78. The van der Waals surface area contributed by atoms with Crippen molar-refractivity contribution in [2.45, 2.75) is 26.0 Å². The second kappa shape index (κ2) is 9.56. The van der Waals surface area contributed by atoms with Gasteiger partial charge in [0.15, 0.2) is 0 Å². The van der Waals surface area contributed by atoms with Crippen molar-refractivity contribution >= 4 is 17.7 Å². The zero-order valence-corrected chi connectivity index (χ0v) is 16.4. The molecule has 3 aromatic rings. The first-order chi connectivity index (χ1) is 14.5. The molecule has 2 N–H and O–H groups in total. The molecule has 0 aliphatic heterocycles. The predicted molar refractivity (Wildman–Crippen MR) is 113 cm³/mol. The molecule has 0 spiro atoms. The fraction of sp³-hybridized carbons (Fsp3) is 0.174. The summed E-state index contributed by atoms with van der Waals surface area (Å²) < 4.78 is 6.33. The quantitative estimate of drug-likeness (QED) is 0.621. The van der Waals surface area contributed by atoms with Gasteiger partial charge in [-0.2, -0.15) is 0 Å². The number of anilines is 1. The van der Waals surface area contributed by atoms with Crippen molar-refractivity contribution in [1.29, 1.82) is 0 Å². The van der Waals surface area contributed by atoms with Gasteiger partial charge in [0.2, 0.25) is 0 Å². The van der Waals surface area contributed by atoms with E-state index in [0.29, 0.717) is 12.1 Å². The highest BCUT2D eigenvalue weighted by Crippen LogP contribution is 2.16. The van der Waals surface area contributed by atoms with Crippen LogP contribution in [0.1, 0.15) is 29.8 Å². The second-order valence-electron chi connectivity index (χ2n) is 6.78. The van der Waals surface area contributed by atoms with Gasteiger partial charge in [0.25, 0.3) is 5.56 Å². The molecule has 2 aromatic carbocycles. The highest BCUT2D eigenvalue weighted by molar-refractivity contribution is 5.84. The number of aromatic nitrogens is 1. The molecule has 3 rings (SSSR count). The van der Waals surface area contributed by atoms with Crippen LogP contribution in [0, 0.1) is 0 Å². The normalized spacial score (nSPS) is 11.5. The molecule has 7 heteroatoms. The summed E-state index contributed by atoms with van der Waals surface area (Å²) in [7, 11) is 0. The monoisotopic (exact) mass is 406 g/mol. The standard InChI is InChI=1S/C23H22N2O5/c1-16(22(27)28)25-19(14-17-8-4-2-5-9-17)12-13-20(21(25)26)24-23(29)30-15-18-10-6-3-7-11-18/h2-13,16H,14-15H2,1H3,(H,24,29)(H,27,28). The first-order valence-corrected chi connectivity index (χ1v) is 9.44. The summed E-state index contributed by atoms with van der Waals surface area (Å²) in [4.78, 5) is 36.7. The summed E-state index contributed by atoms with van der Waals surface area (Å²) >= 11 is 0. The Bertz CT molecular complexity index is 1080. The number of carbonyl (C=O) groups excluding carboxylic acids is 1.